The van der Waals surface area contributed by atoms with Gasteiger partial charge in [0.15, 0.2) is 11.3 Å². The van der Waals surface area contributed by atoms with Gasteiger partial charge in [-0.25, -0.2) is 9.73 Å². The maximum absolute atomic E-state index is 12.5. The summed E-state index contributed by atoms with van der Waals surface area (Å²) in [5, 5.41) is 10.4. The molecular weight excluding hydrogens is 294 g/mol. The normalized spacial score (nSPS) is 16.0. The molecule has 0 saturated heterocycles. The topological polar surface area (TPSA) is 92.2 Å². The number of aromatic amines is 1. The second-order valence-corrected chi connectivity index (χ2v) is 5.96. The highest BCUT2D eigenvalue weighted by Crippen LogP contribution is 2.18. The van der Waals surface area contributed by atoms with Crippen molar-refractivity contribution in [3.8, 4) is 0 Å². The summed E-state index contributed by atoms with van der Waals surface area (Å²) in [4.78, 5) is 28.7. The van der Waals surface area contributed by atoms with Crippen molar-refractivity contribution in [2.24, 2.45) is 0 Å². The highest BCUT2D eigenvalue weighted by molar-refractivity contribution is 5.98. The zero-order valence-corrected chi connectivity index (χ0v) is 12.6. The Morgan fingerprint density at radius 1 is 1.22 bits per heavy atom. The minimum atomic E-state index is -0.353. The molecule has 1 saturated carbocycles. The standard InChI is InChI=1S/C16H17N5O2/c22-15-11-8-4-5-9-12(11)21-14(18-15)13(19-20-21)16(23)17-10-6-2-1-3-7-10/h4-5,8-10,20H,1-3,6-7H2,(H,17,23). The van der Waals surface area contributed by atoms with Gasteiger partial charge in [-0.2, -0.15) is 4.98 Å². The highest BCUT2D eigenvalue weighted by Gasteiger charge is 2.22. The summed E-state index contributed by atoms with van der Waals surface area (Å²) in [7, 11) is 0. The highest BCUT2D eigenvalue weighted by atomic mass is 16.2. The minimum Gasteiger partial charge on any atom is -0.348 e. The fourth-order valence-electron chi connectivity index (χ4n) is 3.23. The van der Waals surface area contributed by atoms with Crippen molar-refractivity contribution in [3.63, 3.8) is 0 Å². The third-order valence-corrected chi connectivity index (χ3v) is 4.42. The monoisotopic (exact) mass is 311 g/mol. The number of nitrogens with one attached hydrogen (secondary N) is 2. The van der Waals surface area contributed by atoms with Gasteiger partial charge in [-0.3, -0.25) is 9.59 Å². The van der Waals surface area contributed by atoms with Crippen LogP contribution in [0.5, 0.6) is 0 Å². The molecule has 1 fully saturated rings. The maximum Gasteiger partial charge on any atom is 0.281 e. The Morgan fingerprint density at radius 2 is 2.00 bits per heavy atom. The van der Waals surface area contributed by atoms with Gasteiger partial charge in [0.25, 0.3) is 11.5 Å². The van der Waals surface area contributed by atoms with E-state index in [2.05, 4.69) is 20.6 Å². The number of amides is 1. The molecule has 4 rings (SSSR count). The van der Waals surface area contributed by atoms with Crippen LogP contribution in [0, 0.1) is 0 Å². The Hall–Kier alpha value is -2.70. The third kappa shape index (κ3) is 2.38. The third-order valence-electron chi connectivity index (χ3n) is 4.42. The number of para-hydroxylation sites is 1. The molecular formula is C16H17N5O2. The lowest BCUT2D eigenvalue weighted by atomic mass is 9.95. The van der Waals surface area contributed by atoms with E-state index in [1.165, 1.54) is 6.42 Å². The lowest BCUT2D eigenvalue weighted by molar-refractivity contribution is 0.0924. The van der Waals surface area contributed by atoms with E-state index in [1.54, 1.807) is 22.7 Å². The van der Waals surface area contributed by atoms with Crippen molar-refractivity contribution < 1.29 is 4.79 Å². The van der Waals surface area contributed by atoms with Gasteiger partial charge in [0.05, 0.1) is 10.9 Å². The number of carbonyl (C=O) groups excluding carboxylic acids is 1. The van der Waals surface area contributed by atoms with Crippen LogP contribution in [0.1, 0.15) is 42.6 Å². The molecule has 0 spiro atoms. The van der Waals surface area contributed by atoms with Gasteiger partial charge >= 0.3 is 0 Å². The van der Waals surface area contributed by atoms with Crippen molar-refractivity contribution in [2.75, 3.05) is 0 Å². The number of carbonyl (C=O) groups is 1. The molecule has 0 radical (unpaired) electrons. The number of hydrogen-bond donors (Lipinski definition) is 2. The molecule has 2 heterocycles. The van der Waals surface area contributed by atoms with Crippen LogP contribution in [0.15, 0.2) is 29.1 Å². The second kappa shape index (κ2) is 5.49. The van der Waals surface area contributed by atoms with Crippen LogP contribution in [0.25, 0.3) is 16.6 Å². The first-order chi connectivity index (χ1) is 11.2. The van der Waals surface area contributed by atoms with E-state index in [9.17, 15) is 9.59 Å². The summed E-state index contributed by atoms with van der Waals surface area (Å²) >= 11 is 0. The first-order valence-electron chi connectivity index (χ1n) is 7.91. The van der Waals surface area contributed by atoms with Crippen LogP contribution in [-0.4, -0.2) is 31.8 Å². The molecule has 0 bridgehead atoms. The van der Waals surface area contributed by atoms with Gasteiger partial charge < -0.3 is 5.32 Å². The van der Waals surface area contributed by atoms with Crippen molar-refractivity contribution in [3.05, 3.63) is 40.3 Å². The van der Waals surface area contributed by atoms with E-state index in [0.717, 1.165) is 25.7 Å². The zero-order valence-electron chi connectivity index (χ0n) is 12.6. The Balaban J connectivity index is 1.76. The van der Waals surface area contributed by atoms with Crippen molar-refractivity contribution in [1.29, 1.82) is 0 Å². The molecule has 1 aliphatic rings. The van der Waals surface area contributed by atoms with Crippen molar-refractivity contribution in [1.82, 2.24) is 25.1 Å². The number of H-pyrrole nitrogens is 1. The molecule has 2 aromatic heterocycles. The predicted octanol–water partition coefficient (Wildman–Crippen LogP) is 1.63. The molecule has 1 aromatic carbocycles. The number of hydrogen-bond acceptors (Lipinski definition) is 4. The number of fused-ring (bicyclic) bond motifs is 3. The molecule has 0 unspecified atom stereocenters. The first kappa shape index (κ1) is 13.9. The van der Waals surface area contributed by atoms with Crippen LogP contribution in [0.3, 0.4) is 0 Å². The van der Waals surface area contributed by atoms with Gasteiger partial charge in [-0.05, 0) is 25.0 Å². The minimum absolute atomic E-state index is 0.165. The first-order valence-corrected chi connectivity index (χ1v) is 7.91. The van der Waals surface area contributed by atoms with E-state index in [4.69, 9.17) is 0 Å². The Morgan fingerprint density at radius 3 is 2.83 bits per heavy atom. The smallest absolute Gasteiger partial charge is 0.281 e. The van der Waals surface area contributed by atoms with Gasteiger partial charge in [-0.1, -0.05) is 31.4 Å². The van der Waals surface area contributed by atoms with E-state index in [1.807, 2.05) is 6.07 Å². The van der Waals surface area contributed by atoms with Crippen LogP contribution in [0.4, 0.5) is 0 Å². The van der Waals surface area contributed by atoms with Crippen LogP contribution in [-0.2, 0) is 0 Å². The molecule has 3 aromatic rings. The van der Waals surface area contributed by atoms with E-state index < -0.39 is 0 Å². The number of aromatic nitrogens is 4. The van der Waals surface area contributed by atoms with Gasteiger partial charge in [0.1, 0.15) is 0 Å². The van der Waals surface area contributed by atoms with Crippen molar-refractivity contribution in [2.45, 2.75) is 38.1 Å². The summed E-state index contributed by atoms with van der Waals surface area (Å²) in [6.45, 7) is 0. The van der Waals surface area contributed by atoms with E-state index >= 15 is 0 Å². The van der Waals surface area contributed by atoms with Crippen molar-refractivity contribution >= 4 is 22.5 Å². The van der Waals surface area contributed by atoms with E-state index in [-0.39, 0.29) is 28.8 Å². The summed E-state index contributed by atoms with van der Waals surface area (Å²) in [6.07, 6.45) is 5.47. The van der Waals surface area contributed by atoms with Gasteiger partial charge in [0, 0.05) is 6.04 Å². The molecule has 1 amide bonds. The van der Waals surface area contributed by atoms with Crippen LogP contribution >= 0.6 is 0 Å². The van der Waals surface area contributed by atoms with Gasteiger partial charge in [-0.15, -0.1) is 5.10 Å². The fourth-order valence-corrected chi connectivity index (χ4v) is 3.23. The zero-order chi connectivity index (χ0) is 15.8. The molecule has 1 aliphatic carbocycles. The molecule has 118 valence electrons. The lowest BCUT2D eigenvalue weighted by Crippen LogP contribution is -2.36. The van der Waals surface area contributed by atoms with Crippen LogP contribution < -0.4 is 10.9 Å². The number of benzene rings is 1. The fraction of sp³-hybridized carbons (Fsp3) is 0.375. The Kier molecular flexibility index (Phi) is 3.33. The summed E-state index contributed by atoms with van der Waals surface area (Å²) in [5.41, 5.74) is 0.737. The van der Waals surface area contributed by atoms with Gasteiger partial charge in [0.2, 0.25) is 0 Å². The SMILES string of the molecule is O=C(NC1CCCCC1)c1n[nH]n2c1nc(=O)c1ccccc12. The predicted molar refractivity (Wildman–Crippen MR) is 85.5 cm³/mol. The lowest BCUT2D eigenvalue weighted by Gasteiger charge is -2.22. The maximum atomic E-state index is 12.5. The largest absolute Gasteiger partial charge is 0.348 e. The molecule has 0 aliphatic heterocycles. The van der Waals surface area contributed by atoms with Crippen LogP contribution in [0.2, 0.25) is 0 Å². The van der Waals surface area contributed by atoms with E-state index in [0.29, 0.717) is 10.9 Å². The Labute approximate surface area is 131 Å². The number of nitrogens with zero attached hydrogens (tertiary/aromatic N) is 3. The molecule has 0 atom stereocenters. The number of rotatable bonds is 2. The molecule has 2 N–H and O–H groups in total. The average molecular weight is 311 g/mol. The molecule has 23 heavy (non-hydrogen) atoms. The summed E-state index contributed by atoms with van der Waals surface area (Å²) < 4.78 is 1.58. The summed E-state index contributed by atoms with van der Waals surface area (Å²) in [6, 6.07) is 7.30. The quantitative estimate of drug-likeness (QED) is 0.752. The second-order valence-electron chi connectivity index (χ2n) is 5.96. The summed E-state index contributed by atoms with van der Waals surface area (Å²) in [5.74, 6) is -0.280. The molecule has 7 heteroatoms. The Bertz CT molecular complexity index is 936. The molecule has 7 nitrogen and oxygen atoms in total. The average Bonchev–Trinajstić information content (AvgIpc) is 3.00.